The van der Waals surface area contributed by atoms with Crippen LogP contribution in [0.15, 0.2) is 42.5 Å². The second kappa shape index (κ2) is 17.3. The van der Waals surface area contributed by atoms with Crippen molar-refractivity contribution in [1.29, 1.82) is 0 Å². The van der Waals surface area contributed by atoms with Gasteiger partial charge < -0.3 is 4.74 Å². The molecule has 1 atom stereocenters. The zero-order chi connectivity index (χ0) is 18.7. The van der Waals surface area contributed by atoms with Crippen molar-refractivity contribution in [3.05, 3.63) is 55.0 Å². The Bertz CT molecular complexity index is 423. The van der Waals surface area contributed by atoms with E-state index in [-0.39, 0.29) is 0 Å². The molecular weight excluding hydrogens is 316 g/mol. The molecule has 0 amide bonds. The molecule has 0 aliphatic carbocycles. The van der Waals surface area contributed by atoms with Crippen LogP contribution < -0.4 is 0 Å². The molecular formula is C25H41O. The van der Waals surface area contributed by atoms with Crippen molar-refractivity contribution in [1.82, 2.24) is 0 Å². The fraction of sp³-hybridized carbons (Fsp3) is 0.640. The van der Waals surface area contributed by atoms with Crippen LogP contribution in [0, 0.1) is 6.92 Å². The molecule has 0 aliphatic heterocycles. The molecule has 1 aromatic rings. The summed E-state index contributed by atoms with van der Waals surface area (Å²) in [5.74, 6) is 0. The van der Waals surface area contributed by atoms with Crippen LogP contribution >= 0.6 is 0 Å². The topological polar surface area (TPSA) is 9.23 Å². The lowest BCUT2D eigenvalue weighted by Crippen LogP contribution is -2.12. The second-order valence-corrected chi connectivity index (χ2v) is 7.39. The molecule has 1 nitrogen and oxygen atoms in total. The van der Waals surface area contributed by atoms with E-state index in [2.05, 4.69) is 56.3 Å². The van der Waals surface area contributed by atoms with E-state index in [9.17, 15) is 0 Å². The predicted molar refractivity (Wildman–Crippen MR) is 115 cm³/mol. The molecule has 26 heavy (non-hydrogen) atoms. The standard InChI is InChI=1S/C25H41O/c1-3-5-7-9-10-11-12-13-18-22-25(21-17-8-6-4-2)26-23-24-19-15-14-16-20-24/h13-16,18-20,25H,1,3-12,17,21-23H2,2H3. The predicted octanol–water partition coefficient (Wildman–Crippen LogP) is 8.05. The Kier molecular flexibility index (Phi) is 15.3. The maximum Gasteiger partial charge on any atom is 0.0720 e. The normalized spacial score (nSPS) is 12.7. The Morgan fingerprint density at radius 1 is 0.885 bits per heavy atom. The Hall–Kier alpha value is -1.08. The van der Waals surface area contributed by atoms with E-state index in [1.54, 1.807) is 0 Å². The van der Waals surface area contributed by atoms with Crippen molar-refractivity contribution in [3.8, 4) is 0 Å². The Morgan fingerprint density at radius 2 is 1.62 bits per heavy atom. The smallest absolute Gasteiger partial charge is 0.0720 e. The van der Waals surface area contributed by atoms with Gasteiger partial charge in [-0.2, -0.15) is 0 Å². The Labute approximate surface area is 163 Å². The molecule has 0 saturated carbocycles. The number of ether oxygens (including phenoxy) is 1. The van der Waals surface area contributed by atoms with Gasteiger partial charge in [-0.05, 0) is 31.2 Å². The lowest BCUT2D eigenvalue weighted by molar-refractivity contribution is 0.0353. The Balaban J connectivity index is 2.23. The molecule has 0 bridgehead atoms. The lowest BCUT2D eigenvalue weighted by Gasteiger charge is -2.16. The van der Waals surface area contributed by atoms with Gasteiger partial charge in [0.15, 0.2) is 0 Å². The van der Waals surface area contributed by atoms with Crippen molar-refractivity contribution < 1.29 is 4.74 Å². The van der Waals surface area contributed by atoms with Gasteiger partial charge in [0, 0.05) is 0 Å². The molecule has 0 spiro atoms. The van der Waals surface area contributed by atoms with E-state index >= 15 is 0 Å². The minimum Gasteiger partial charge on any atom is -0.373 e. The summed E-state index contributed by atoms with van der Waals surface area (Å²) in [5.41, 5.74) is 1.28. The van der Waals surface area contributed by atoms with Crippen molar-refractivity contribution in [2.24, 2.45) is 0 Å². The first-order chi connectivity index (χ1) is 12.9. The molecule has 0 aliphatic rings. The van der Waals surface area contributed by atoms with Crippen molar-refractivity contribution in [2.45, 2.75) is 103 Å². The first kappa shape index (κ1) is 23.0. The summed E-state index contributed by atoms with van der Waals surface area (Å²) in [6.45, 7) is 6.91. The first-order valence-electron chi connectivity index (χ1n) is 11.0. The zero-order valence-electron chi connectivity index (χ0n) is 17.1. The highest BCUT2D eigenvalue weighted by atomic mass is 16.5. The van der Waals surface area contributed by atoms with Crippen LogP contribution in [0.3, 0.4) is 0 Å². The minimum atomic E-state index is 0.361. The number of allylic oxidation sites excluding steroid dienone is 1. The van der Waals surface area contributed by atoms with E-state index < -0.39 is 0 Å². The molecule has 1 unspecified atom stereocenters. The Morgan fingerprint density at radius 3 is 2.38 bits per heavy atom. The van der Waals surface area contributed by atoms with E-state index in [4.69, 9.17) is 4.74 Å². The zero-order valence-corrected chi connectivity index (χ0v) is 17.1. The fourth-order valence-corrected chi connectivity index (χ4v) is 3.19. The van der Waals surface area contributed by atoms with Crippen LogP contribution in [0.1, 0.15) is 96.0 Å². The molecule has 0 fully saturated rings. The highest BCUT2D eigenvalue weighted by molar-refractivity contribution is 5.13. The number of hydrogen-bond acceptors (Lipinski definition) is 1. The van der Waals surface area contributed by atoms with Gasteiger partial charge in [-0.3, -0.25) is 0 Å². The van der Waals surface area contributed by atoms with Crippen LogP contribution in [-0.2, 0) is 11.3 Å². The average molecular weight is 358 g/mol. The fourth-order valence-electron chi connectivity index (χ4n) is 3.19. The third-order valence-corrected chi connectivity index (χ3v) is 4.89. The van der Waals surface area contributed by atoms with Crippen molar-refractivity contribution >= 4 is 0 Å². The van der Waals surface area contributed by atoms with Gasteiger partial charge in [0.25, 0.3) is 0 Å². The summed E-state index contributed by atoms with van der Waals surface area (Å²) in [5, 5.41) is 0. The van der Waals surface area contributed by atoms with E-state index in [1.165, 1.54) is 76.2 Å². The largest absolute Gasteiger partial charge is 0.373 e. The van der Waals surface area contributed by atoms with Crippen LogP contribution in [-0.4, -0.2) is 6.10 Å². The van der Waals surface area contributed by atoms with E-state index in [0.717, 1.165) is 19.4 Å². The molecule has 1 aromatic carbocycles. The number of unbranched alkanes of at least 4 members (excludes halogenated alkanes) is 9. The van der Waals surface area contributed by atoms with Crippen LogP contribution in [0.4, 0.5) is 0 Å². The molecule has 1 rings (SSSR count). The quantitative estimate of drug-likeness (QED) is 0.202. The van der Waals surface area contributed by atoms with Crippen molar-refractivity contribution in [3.63, 3.8) is 0 Å². The summed E-state index contributed by atoms with van der Waals surface area (Å²) >= 11 is 0. The monoisotopic (exact) mass is 357 g/mol. The highest BCUT2D eigenvalue weighted by Gasteiger charge is 2.07. The molecule has 0 heterocycles. The molecule has 1 heteroatoms. The molecule has 1 radical (unpaired) electrons. The van der Waals surface area contributed by atoms with Gasteiger partial charge in [-0.15, -0.1) is 0 Å². The third-order valence-electron chi connectivity index (χ3n) is 4.89. The van der Waals surface area contributed by atoms with E-state index in [0.29, 0.717) is 6.10 Å². The third kappa shape index (κ3) is 13.2. The highest BCUT2D eigenvalue weighted by Crippen LogP contribution is 2.15. The summed E-state index contributed by atoms with van der Waals surface area (Å²) in [4.78, 5) is 0. The average Bonchev–Trinajstić information content (AvgIpc) is 2.68. The molecule has 0 saturated heterocycles. The van der Waals surface area contributed by atoms with Gasteiger partial charge in [0.2, 0.25) is 0 Å². The van der Waals surface area contributed by atoms with Gasteiger partial charge in [-0.1, -0.05) is 114 Å². The number of benzene rings is 1. The number of rotatable bonds is 17. The maximum atomic E-state index is 6.22. The molecule has 147 valence electrons. The summed E-state index contributed by atoms with van der Waals surface area (Å²) < 4.78 is 6.22. The SMILES string of the molecule is [CH2]CCCCCCCC=CCC(CCCCCC)OCc1ccccc1. The summed E-state index contributed by atoms with van der Waals surface area (Å²) in [6.07, 6.45) is 21.5. The molecule has 0 aromatic heterocycles. The molecule has 0 N–H and O–H groups in total. The second-order valence-electron chi connectivity index (χ2n) is 7.39. The van der Waals surface area contributed by atoms with Gasteiger partial charge >= 0.3 is 0 Å². The van der Waals surface area contributed by atoms with Crippen LogP contribution in [0.2, 0.25) is 0 Å². The minimum absolute atomic E-state index is 0.361. The maximum absolute atomic E-state index is 6.22. The van der Waals surface area contributed by atoms with E-state index in [1.807, 2.05) is 0 Å². The van der Waals surface area contributed by atoms with Crippen LogP contribution in [0.5, 0.6) is 0 Å². The summed E-state index contributed by atoms with van der Waals surface area (Å²) in [6, 6.07) is 10.5. The van der Waals surface area contributed by atoms with Gasteiger partial charge in [0.05, 0.1) is 12.7 Å². The van der Waals surface area contributed by atoms with Crippen molar-refractivity contribution in [2.75, 3.05) is 0 Å². The number of hydrogen-bond donors (Lipinski definition) is 0. The van der Waals surface area contributed by atoms with Gasteiger partial charge in [0.1, 0.15) is 0 Å². The van der Waals surface area contributed by atoms with Crippen LogP contribution in [0.25, 0.3) is 0 Å². The summed E-state index contributed by atoms with van der Waals surface area (Å²) in [7, 11) is 0. The first-order valence-corrected chi connectivity index (χ1v) is 11.0. The van der Waals surface area contributed by atoms with Gasteiger partial charge in [-0.25, -0.2) is 0 Å². The lowest BCUT2D eigenvalue weighted by atomic mass is 10.1.